The van der Waals surface area contributed by atoms with Gasteiger partial charge in [0, 0.05) is 0 Å². The molecule has 1 aromatic carbocycles. The van der Waals surface area contributed by atoms with Gasteiger partial charge in [-0.2, -0.15) is 0 Å². The zero-order valence-electron chi connectivity index (χ0n) is 7.04. The number of rotatable bonds is 3. The topological polar surface area (TPSA) is 76.1 Å². The average molecular weight is 166 g/mol. The van der Waals surface area contributed by atoms with Gasteiger partial charge in [-0.15, -0.1) is 0 Å². The van der Waals surface area contributed by atoms with E-state index in [-0.39, 0.29) is 6.17 Å². The molecule has 0 bridgehead atoms. The van der Waals surface area contributed by atoms with E-state index in [1.807, 2.05) is 31.2 Å². The Balaban J connectivity index is 2.85. The van der Waals surface area contributed by atoms with Crippen molar-refractivity contribution >= 4 is 0 Å². The van der Waals surface area contributed by atoms with Gasteiger partial charge in [0.1, 0.15) is 6.17 Å². The van der Waals surface area contributed by atoms with E-state index in [0.717, 1.165) is 5.56 Å². The second kappa shape index (κ2) is 4.18. The van der Waals surface area contributed by atoms with Gasteiger partial charge in [-0.1, -0.05) is 29.8 Å². The number of hydrogen-bond donors (Lipinski definition) is 4. The van der Waals surface area contributed by atoms with Gasteiger partial charge < -0.3 is 0 Å². The number of aryl methyl sites for hydroxylation is 1. The molecule has 66 valence electrons. The van der Waals surface area contributed by atoms with Crippen molar-refractivity contribution in [2.24, 2.45) is 11.7 Å². The first-order valence-corrected chi connectivity index (χ1v) is 3.76. The third-order valence-electron chi connectivity index (χ3n) is 1.71. The molecule has 1 aromatic rings. The van der Waals surface area contributed by atoms with Crippen LogP contribution in [0.2, 0.25) is 0 Å². The van der Waals surface area contributed by atoms with E-state index in [4.69, 9.17) is 11.7 Å². The fourth-order valence-corrected chi connectivity index (χ4v) is 1.09. The van der Waals surface area contributed by atoms with Crippen molar-refractivity contribution in [3.63, 3.8) is 0 Å². The lowest BCUT2D eigenvalue weighted by Gasteiger charge is -2.14. The smallest absolute Gasteiger partial charge is 0.108 e. The van der Waals surface area contributed by atoms with Gasteiger partial charge in [-0.25, -0.2) is 10.9 Å². The van der Waals surface area contributed by atoms with Gasteiger partial charge >= 0.3 is 0 Å². The van der Waals surface area contributed by atoms with Gasteiger partial charge in [0.05, 0.1) is 0 Å². The molecule has 4 nitrogen and oxygen atoms in total. The fourth-order valence-electron chi connectivity index (χ4n) is 1.09. The van der Waals surface area contributed by atoms with Crippen LogP contribution in [0, 0.1) is 6.92 Å². The van der Waals surface area contributed by atoms with Gasteiger partial charge in [0.15, 0.2) is 0 Å². The molecule has 4 heteroatoms. The molecule has 0 spiro atoms. The quantitative estimate of drug-likeness (QED) is 0.288. The molecule has 1 rings (SSSR count). The maximum atomic E-state index is 5.27. The number of hydrazine groups is 2. The second-order valence-corrected chi connectivity index (χ2v) is 2.68. The van der Waals surface area contributed by atoms with Crippen molar-refractivity contribution in [1.29, 1.82) is 0 Å². The molecule has 0 unspecified atom stereocenters. The molecule has 0 radical (unpaired) electrons. The average Bonchev–Trinajstić information content (AvgIpc) is 2.07. The van der Waals surface area contributed by atoms with Crippen LogP contribution in [0.15, 0.2) is 24.3 Å². The SMILES string of the molecule is Cc1cccc(C(NN)NN)c1. The van der Waals surface area contributed by atoms with E-state index in [1.54, 1.807) is 0 Å². The minimum Gasteiger partial charge on any atom is -0.270 e. The summed E-state index contributed by atoms with van der Waals surface area (Å²) in [7, 11) is 0. The van der Waals surface area contributed by atoms with Gasteiger partial charge in [-0.3, -0.25) is 11.7 Å². The lowest BCUT2D eigenvalue weighted by atomic mass is 10.1. The van der Waals surface area contributed by atoms with Crippen LogP contribution in [-0.2, 0) is 0 Å². The van der Waals surface area contributed by atoms with E-state index in [1.165, 1.54) is 5.56 Å². The van der Waals surface area contributed by atoms with E-state index < -0.39 is 0 Å². The number of nitrogens with one attached hydrogen (secondary N) is 2. The molecule has 0 heterocycles. The predicted molar refractivity (Wildman–Crippen MR) is 48.6 cm³/mol. The summed E-state index contributed by atoms with van der Waals surface area (Å²) in [5.41, 5.74) is 7.33. The molecular formula is C8H14N4. The fraction of sp³-hybridized carbons (Fsp3) is 0.250. The number of nitrogens with two attached hydrogens (primary N) is 2. The van der Waals surface area contributed by atoms with E-state index in [9.17, 15) is 0 Å². The zero-order chi connectivity index (χ0) is 8.97. The first-order chi connectivity index (χ1) is 5.77. The van der Waals surface area contributed by atoms with Crippen LogP contribution in [-0.4, -0.2) is 0 Å². The van der Waals surface area contributed by atoms with Crippen LogP contribution in [0.4, 0.5) is 0 Å². The van der Waals surface area contributed by atoms with Crippen LogP contribution < -0.4 is 22.5 Å². The molecule has 0 saturated heterocycles. The van der Waals surface area contributed by atoms with Crippen LogP contribution >= 0.6 is 0 Å². The summed E-state index contributed by atoms with van der Waals surface area (Å²) >= 11 is 0. The standard InChI is InChI=1S/C8H14N4/c1-6-3-2-4-7(5-6)8(11-9)12-10/h2-5,8,11-12H,9-10H2,1H3. The molecule has 12 heavy (non-hydrogen) atoms. The van der Waals surface area contributed by atoms with Crippen LogP contribution in [0.1, 0.15) is 17.3 Å². The third-order valence-corrected chi connectivity index (χ3v) is 1.71. The Morgan fingerprint density at radius 1 is 1.25 bits per heavy atom. The minimum absolute atomic E-state index is 0.190. The van der Waals surface area contributed by atoms with Crippen molar-refractivity contribution in [3.05, 3.63) is 35.4 Å². The lowest BCUT2D eigenvalue weighted by molar-refractivity contribution is 0.461. The summed E-state index contributed by atoms with van der Waals surface area (Å²) < 4.78 is 0. The molecule has 0 aromatic heterocycles. The first kappa shape index (κ1) is 9.15. The van der Waals surface area contributed by atoms with Crippen molar-refractivity contribution in [3.8, 4) is 0 Å². The molecule has 6 N–H and O–H groups in total. The third kappa shape index (κ3) is 2.02. The lowest BCUT2D eigenvalue weighted by Crippen LogP contribution is -2.41. The maximum Gasteiger partial charge on any atom is 0.108 e. The highest BCUT2D eigenvalue weighted by Gasteiger charge is 2.05. The summed E-state index contributed by atoms with van der Waals surface area (Å²) in [5, 5.41) is 0. The first-order valence-electron chi connectivity index (χ1n) is 3.76. The van der Waals surface area contributed by atoms with Crippen molar-refractivity contribution in [2.45, 2.75) is 13.1 Å². The molecule has 0 saturated carbocycles. The number of hydrogen-bond acceptors (Lipinski definition) is 4. The Kier molecular flexibility index (Phi) is 3.19. The Morgan fingerprint density at radius 3 is 2.42 bits per heavy atom. The molecule has 0 aliphatic heterocycles. The number of benzene rings is 1. The van der Waals surface area contributed by atoms with Gasteiger partial charge in [0.2, 0.25) is 0 Å². The predicted octanol–water partition coefficient (Wildman–Crippen LogP) is -0.0798. The van der Waals surface area contributed by atoms with Crippen molar-refractivity contribution in [2.75, 3.05) is 0 Å². The van der Waals surface area contributed by atoms with E-state index in [2.05, 4.69) is 10.9 Å². The molecule has 0 fully saturated rings. The second-order valence-electron chi connectivity index (χ2n) is 2.68. The summed E-state index contributed by atoms with van der Waals surface area (Å²) in [6.07, 6.45) is -0.190. The zero-order valence-corrected chi connectivity index (χ0v) is 7.04. The monoisotopic (exact) mass is 166 g/mol. The normalized spacial score (nSPS) is 10.7. The highest BCUT2D eigenvalue weighted by Crippen LogP contribution is 2.09. The van der Waals surface area contributed by atoms with Crippen LogP contribution in [0.5, 0.6) is 0 Å². The van der Waals surface area contributed by atoms with Gasteiger partial charge in [0.25, 0.3) is 0 Å². The van der Waals surface area contributed by atoms with Crippen molar-refractivity contribution < 1.29 is 0 Å². The maximum absolute atomic E-state index is 5.27. The summed E-state index contributed by atoms with van der Waals surface area (Å²) in [6.45, 7) is 2.02. The molecule has 0 atom stereocenters. The van der Waals surface area contributed by atoms with Crippen LogP contribution in [0.25, 0.3) is 0 Å². The summed E-state index contributed by atoms with van der Waals surface area (Å²) in [6, 6.07) is 7.96. The molecular weight excluding hydrogens is 152 g/mol. The van der Waals surface area contributed by atoms with E-state index in [0.29, 0.717) is 0 Å². The summed E-state index contributed by atoms with van der Waals surface area (Å²) in [5.74, 6) is 10.5. The minimum atomic E-state index is -0.190. The summed E-state index contributed by atoms with van der Waals surface area (Å²) in [4.78, 5) is 0. The van der Waals surface area contributed by atoms with Crippen LogP contribution in [0.3, 0.4) is 0 Å². The molecule has 0 aliphatic rings. The Bertz CT molecular complexity index is 245. The largest absolute Gasteiger partial charge is 0.270 e. The highest BCUT2D eigenvalue weighted by molar-refractivity contribution is 5.24. The Labute approximate surface area is 71.9 Å². The Hall–Kier alpha value is -0.940. The Morgan fingerprint density at radius 2 is 1.92 bits per heavy atom. The highest BCUT2D eigenvalue weighted by atomic mass is 15.4. The molecule has 0 amide bonds. The van der Waals surface area contributed by atoms with E-state index >= 15 is 0 Å². The van der Waals surface area contributed by atoms with Gasteiger partial charge in [-0.05, 0) is 12.5 Å². The molecule has 0 aliphatic carbocycles. The van der Waals surface area contributed by atoms with Crippen molar-refractivity contribution in [1.82, 2.24) is 10.9 Å².